The highest BCUT2D eigenvalue weighted by Gasteiger charge is 2.33. The molecule has 1 atom stereocenters. The Bertz CT molecular complexity index is 1320. The number of rotatable bonds is 4. The van der Waals surface area contributed by atoms with Gasteiger partial charge < -0.3 is 14.4 Å². The van der Waals surface area contributed by atoms with E-state index in [2.05, 4.69) is 27.8 Å². The van der Waals surface area contributed by atoms with Gasteiger partial charge in [0.25, 0.3) is 0 Å². The minimum atomic E-state index is -2.96. The Labute approximate surface area is 194 Å². The fraction of sp³-hybridized carbons (Fsp3) is 0.500. The van der Waals surface area contributed by atoms with E-state index in [1.807, 2.05) is 42.6 Å². The number of aromatic nitrogens is 3. The second-order valence-electron chi connectivity index (χ2n) is 9.35. The minimum absolute atomic E-state index is 0.0778. The van der Waals surface area contributed by atoms with Crippen molar-refractivity contribution < 1.29 is 13.2 Å². The molecule has 33 heavy (non-hydrogen) atoms. The molecular weight excluding hydrogens is 438 g/mol. The molecule has 2 fully saturated rings. The first-order valence-electron chi connectivity index (χ1n) is 11.6. The van der Waals surface area contributed by atoms with Crippen molar-refractivity contribution in [2.75, 3.05) is 42.6 Å². The lowest BCUT2D eigenvalue weighted by molar-refractivity contribution is -0.130. The van der Waals surface area contributed by atoms with Crippen LogP contribution in [0.1, 0.15) is 29.4 Å². The monoisotopic (exact) mass is 469 g/mol. The summed E-state index contributed by atoms with van der Waals surface area (Å²) in [4.78, 5) is 17.3. The quantitative estimate of drug-likeness (QED) is 0.586. The largest absolute Gasteiger partial charge is 0.365 e. The van der Waals surface area contributed by atoms with Gasteiger partial charge in [-0.05, 0) is 31.9 Å². The summed E-state index contributed by atoms with van der Waals surface area (Å²) in [7, 11) is -0.949. The number of benzene rings is 1. The molecule has 4 heterocycles. The average molecular weight is 470 g/mol. The molecule has 2 saturated heterocycles. The van der Waals surface area contributed by atoms with Crippen LogP contribution in [-0.2, 0) is 28.1 Å². The summed E-state index contributed by atoms with van der Waals surface area (Å²) in [5.74, 6) is 0.569. The van der Waals surface area contributed by atoms with Crippen molar-refractivity contribution in [2.45, 2.75) is 32.7 Å². The molecule has 0 spiro atoms. The fourth-order valence-electron chi connectivity index (χ4n) is 5.46. The van der Waals surface area contributed by atoms with Gasteiger partial charge in [-0.2, -0.15) is 5.10 Å². The minimum Gasteiger partial charge on any atom is -0.365 e. The van der Waals surface area contributed by atoms with Crippen LogP contribution in [0.3, 0.4) is 0 Å². The van der Waals surface area contributed by atoms with Crippen LogP contribution in [0.4, 0.5) is 5.69 Å². The Kier molecular flexibility index (Phi) is 5.47. The maximum Gasteiger partial charge on any atom is 0.227 e. The van der Waals surface area contributed by atoms with Crippen molar-refractivity contribution in [3.8, 4) is 0 Å². The van der Waals surface area contributed by atoms with E-state index in [1.54, 1.807) is 0 Å². The maximum absolute atomic E-state index is 13.1. The number of piperazine rings is 1. The first kappa shape index (κ1) is 22.0. The molecule has 2 aliphatic heterocycles. The first-order chi connectivity index (χ1) is 15.7. The molecule has 8 nitrogen and oxygen atoms in total. The van der Waals surface area contributed by atoms with E-state index < -0.39 is 9.84 Å². The van der Waals surface area contributed by atoms with Crippen molar-refractivity contribution >= 4 is 32.3 Å². The molecule has 9 heteroatoms. The van der Waals surface area contributed by atoms with Crippen molar-refractivity contribution in [1.82, 2.24) is 19.2 Å². The second-order valence-corrected chi connectivity index (χ2v) is 11.6. The summed E-state index contributed by atoms with van der Waals surface area (Å²) in [5, 5.41) is 5.84. The van der Waals surface area contributed by atoms with Gasteiger partial charge in [0.1, 0.15) is 0 Å². The number of hydrogen-bond acceptors (Lipinski definition) is 5. The van der Waals surface area contributed by atoms with Crippen molar-refractivity contribution in [2.24, 2.45) is 7.05 Å². The van der Waals surface area contributed by atoms with E-state index in [-0.39, 0.29) is 23.5 Å². The van der Waals surface area contributed by atoms with E-state index in [9.17, 15) is 13.2 Å². The lowest BCUT2D eigenvalue weighted by Crippen LogP contribution is -2.49. The molecule has 1 aromatic carbocycles. The number of nitrogens with zero attached hydrogens (tertiary/aromatic N) is 5. The van der Waals surface area contributed by atoms with Gasteiger partial charge >= 0.3 is 0 Å². The van der Waals surface area contributed by atoms with Crippen LogP contribution in [0.15, 0.2) is 30.5 Å². The SMILES string of the molecule is Cc1nn(C2CCS(=O)(=O)C2)c(C)c1N1CCN(C(=O)Cc2cn(C)c3ccccc23)CC1. The molecule has 0 bridgehead atoms. The summed E-state index contributed by atoms with van der Waals surface area (Å²) in [6.45, 7) is 6.85. The van der Waals surface area contributed by atoms with Crippen molar-refractivity contribution in [1.29, 1.82) is 0 Å². The molecule has 2 aliphatic rings. The molecule has 0 N–H and O–H groups in total. The zero-order chi connectivity index (χ0) is 23.3. The van der Waals surface area contributed by atoms with Gasteiger partial charge in [0, 0.05) is 50.3 Å². The first-order valence-corrected chi connectivity index (χ1v) is 13.4. The van der Waals surface area contributed by atoms with Gasteiger partial charge in [0.2, 0.25) is 5.91 Å². The van der Waals surface area contributed by atoms with Crippen LogP contribution in [0.5, 0.6) is 0 Å². The van der Waals surface area contributed by atoms with Gasteiger partial charge in [-0.3, -0.25) is 9.48 Å². The summed E-state index contributed by atoms with van der Waals surface area (Å²) in [6.07, 6.45) is 3.09. The van der Waals surface area contributed by atoms with Gasteiger partial charge in [0.05, 0.1) is 41.0 Å². The van der Waals surface area contributed by atoms with Crippen LogP contribution >= 0.6 is 0 Å². The van der Waals surface area contributed by atoms with Crippen molar-refractivity contribution in [3.05, 3.63) is 47.4 Å². The fourth-order valence-corrected chi connectivity index (χ4v) is 7.15. The highest BCUT2D eigenvalue weighted by atomic mass is 32.2. The number of aryl methyl sites for hydroxylation is 2. The van der Waals surface area contributed by atoms with E-state index in [1.165, 1.54) is 0 Å². The third kappa shape index (κ3) is 4.03. The van der Waals surface area contributed by atoms with Crippen LogP contribution in [0, 0.1) is 13.8 Å². The molecule has 0 radical (unpaired) electrons. The summed E-state index contributed by atoms with van der Waals surface area (Å²) in [6, 6.07) is 8.11. The third-order valence-corrected chi connectivity index (χ3v) is 8.86. The predicted molar refractivity (Wildman–Crippen MR) is 129 cm³/mol. The smallest absolute Gasteiger partial charge is 0.227 e. The highest BCUT2D eigenvalue weighted by molar-refractivity contribution is 7.91. The number of fused-ring (bicyclic) bond motifs is 1. The molecule has 0 aliphatic carbocycles. The van der Waals surface area contributed by atoms with E-state index >= 15 is 0 Å². The van der Waals surface area contributed by atoms with E-state index in [0.717, 1.165) is 46.6 Å². The molecule has 5 rings (SSSR count). The molecule has 0 saturated carbocycles. The second kappa shape index (κ2) is 8.20. The summed E-state index contributed by atoms with van der Waals surface area (Å²) < 4.78 is 27.9. The summed E-state index contributed by atoms with van der Waals surface area (Å²) in [5.41, 5.74) is 5.24. The summed E-state index contributed by atoms with van der Waals surface area (Å²) >= 11 is 0. The molecule has 2 aromatic heterocycles. The van der Waals surface area contributed by atoms with Crippen LogP contribution < -0.4 is 4.90 Å². The topological polar surface area (TPSA) is 80.4 Å². The average Bonchev–Trinajstić information content (AvgIpc) is 3.41. The number of hydrogen-bond donors (Lipinski definition) is 0. The van der Waals surface area contributed by atoms with Crippen LogP contribution in [0.25, 0.3) is 10.9 Å². The Balaban J connectivity index is 1.26. The van der Waals surface area contributed by atoms with E-state index in [4.69, 9.17) is 5.10 Å². The number of anilines is 1. The Morgan fingerprint density at radius 1 is 1.12 bits per heavy atom. The Morgan fingerprint density at radius 2 is 1.85 bits per heavy atom. The van der Waals surface area contributed by atoms with Crippen LogP contribution in [-0.4, -0.2) is 71.3 Å². The standard InChI is InChI=1S/C24H31N5O3S/c1-17-24(18(2)29(25-17)20-8-13-33(31,32)16-20)28-11-9-27(10-12-28)23(30)14-19-15-26(3)22-7-5-4-6-21(19)22/h4-7,15,20H,8-14,16H2,1-3H3. The van der Waals surface area contributed by atoms with Crippen molar-refractivity contribution in [3.63, 3.8) is 0 Å². The van der Waals surface area contributed by atoms with Gasteiger partial charge in [-0.1, -0.05) is 18.2 Å². The number of sulfone groups is 1. The lowest BCUT2D eigenvalue weighted by Gasteiger charge is -2.36. The Hall–Kier alpha value is -2.81. The van der Waals surface area contributed by atoms with Gasteiger partial charge in [-0.15, -0.1) is 0 Å². The van der Waals surface area contributed by atoms with Gasteiger partial charge in [0.15, 0.2) is 9.84 Å². The third-order valence-electron chi connectivity index (χ3n) is 7.11. The number of carbonyl (C=O) groups excluding carboxylic acids is 1. The molecule has 176 valence electrons. The number of para-hydroxylation sites is 1. The van der Waals surface area contributed by atoms with E-state index in [0.29, 0.717) is 25.9 Å². The Morgan fingerprint density at radius 3 is 2.55 bits per heavy atom. The lowest BCUT2D eigenvalue weighted by atomic mass is 10.1. The van der Waals surface area contributed by atoms with Crippen LogP contribution in [0.2, 0.25) is 0 Å². The molecular formula is C24H31N5O3S. The number of carbonyl (C=O) groups is 1. The normalized spacial score (nSPS) is 20.6. The zero-order valence-corrected chi connectivity index (χ0v) is 20.3. The predicted octanol–water partition coefficient (Wildman–Crippen LogP) is 2.24. The molecule has 1 unspecified atom stereocenters. The molecule has 1 amide bonds. The highest BCUT2D eigenvalue weighted by Crippen LogP contribution is 2.32. The molecule has 3 aromatic rings. The van der Waals surface area contributed by atoms with Gasteiger partial charge in [-0.25, -0.2) is 8.42 Å². The maximum atomic E-state index is 13.1. The number of amides is 1. The zero-order valence-electron chi connectivity index (χ0n) is 19.5.